The van der Waals surface area contributed by atoms with Crippen molar-refractivity contribution in [3.63, 3.8) is 0 Å². The highest BCUT2D eigenvalue weighted by atomic mass is 32.2. The largest absolute Gasteiger partial charge is 0.325 e. The SMILES string of the molecule is O=C(CSCc1csc(NC(=O)CCN2C(=O)c3ccccc3C2=O)n1)Nc1ccc(F)cc1. The quantitative estimate of drug-likeness (QED) is 0.435. The zero-order valence-electron chi connectivity index (χ0n) is 17.7. The number of imide groups is 1. The second-order valence-electron chi connectivity index (χ2n) is 7.30. The fourth-order valence-corrected chi connectivity index (χ4v) is 4.80. The lowest BCUT2D eigenvalue weighted by atomic mass is 10.1. The van der Waals surface area contributed by atoms with Crippen molar-refractivity contribution < 1.29 is 23.6 Å². The van der Waals surface area contributed by atoms with Crippen LogP contribution in [0.5, 0.6) is 0 Å². The van der Waals surface area contributed by atoms with Gasteiger partial charge in [0.1, 0.15) is 5.82 Å². The zero-order valence-corrected chi connectivity index (χ0v) is 19.4. The van der Waals surface area contributed by atoms with E-state index in [1.54, 1.807) is 29.6 Å². The summed E-state index contributed by atoms with van der Waals surface area (Å²) in [6.07, 6.45) is -0.0430. The minimum absolute atomic E-state index is 0.0184. The third-order valence-corrected chi connectivity index (χ3v) is 6.62. The molecule has 174 valence electrons. The number of rotatable bonds is 9. The predicted octanol–water partition coefficient (Wildman–Crippen LogP) is 3.78. The number of nitrogens with zero attached hydrogens (tertiary/aromatic N) is 2. The number of anilines is 2. The lowest BCUT2D eigenvalue weighted by Gasteiger charge is -2.12. The van der Waals surface area contributed by atoms with Gasteiger partial charge in [-0.25, -0.2) is 9.37 Å². The molecule has 0 saturated heterocycles. The number of aromatic nitrogens is 1. The van der Waals surface area contributed by atoms with Crippen LogP contribution in [-0.2, 0) is 15.3 Å². The predicted molar refractivity (Wildman–Crippen MR) is 128 cm³/mol. The van der Waals surface area contributed by atoms with Crippen LogP contribution < -0.4 is 10.6 Å². The molecule has 2 aromatic carbocycles. The fourth-order valence-electron chi connectivity index (χ4n) is 3.25. The van der Waals surface area contributed by atoms with E-state index in [0.717, 1.165) is 4.90 Å². The second-order valence-corrected chi connectivity index (χ2v) is 9.14. The Morgan fingerprint density at radius 1 is 0.971 bits per heavy atom. The van der Waals surface area contributed by atoms with Crippen LogP contribution in [0, 0.1) is 5.82 Å². The molecule has 0 bridgehead atoms. The van der Waals surface area contributed by atoms with Crippen molar-refractivity contribution in [2.75, 3.05) is 22.9 Å². The van der Waals surface area contributed by atoms with Gasteiger partial charge in [0, 0.05) is 29.8 Å². The highest BCUT2D eigenvalue weighted by molar-refractivity contribution is 7.99. The minimum Gasteiger partial charge on any atom is -0.325 e. The Labute approximate surface area is 202 Å². The van der Waals surface area contributed by atoms with Crippen molar-refractivity contribution >= 4 is 57.5 Å². The van der Waals surface area contributed by atoms with E-state index in [-0.39, 0.29) is 36.4 Å². The van der Waals surface area contributed by atoms with Crippen LogP contribution in [-0.4, -0.2) is 45.8 Å². The first-order valence-electron chi connectivity index (χ1n) is 10.2. The Hall–Kier alpha value is -3.57. The van der Waals surface area contributed by atoms with Crippen molar-refractivity contribution in [1.82, 2.24) is 9.88 Å². The molecule has 2 heterocycles. The van der Waals surface area contributed by atoms with Gasteiger partial charge in [-0.05, 0) is 36.4 Å². The minimum atomic E-state index is -0.398. The molecule has 11 heteroatoms. The molecule has 1 aliphatic heterocycles. The summed E-state index contributed by atoms with van der Waals surface area (Å²) < 4.78 is 12.9. The number of hydrogen-bond acceptors (Lipinski definition) is 7. The summed E-state index contributed by atoms with van der Waals surface area (Å²) >= 11 is 2.60. The lowest BCUT2D eigenvalue weighted by molar-refractivity contribution is -0.116. The van der Waals surface area contributed by atoms with Gasteiger partial charge in [0.05, 0.1) is 22.6 Å². The first-order valence-corrected chi connectivity index (χ1v) is 12.3. The number of benzene rings is 2. The first-order chi connectivity index (χ1) is 16.4. The maximum absolute atomic E-state index is 12.9. The number of hydrogen-bond donors (Lipinski definition) is 2. The molecule has 3 aromatic rings. The average Bonchev–Trinajstić information content (AvgIpc) is 3.36. The lowest BCUT2D eigenvalue weighted by Crippen LogP contribution is -2.32. The Balaban J connectivity index is 1.19. The molecule has 0 unspecified atom stereocenters. The molecule has 0 atom stereocenters. The normalized spacial score (nSPS) is 12.6. The molecule has 4 rings (SSSR count). The third-order valence-electron chi connectivity index (χ3n) is 4.85. The van der Waals surface area contributed by atoms with E-state index in [2.05, 4.69) is 15.6 Å². The van der Waals surface area contributed by atoms with Gasteiger partial charge in [-0.3, -0.25) is 24.1 Å². The molecule has 1 aliphatic rings. The van der Waals surface area contributed by atoms with Crippen molar-refractivity contribution in [3.8, 4) is 0 Å². The molecule has 1 aromatic heterocycles. The van der Waals surface area contributed by atoms with Gasteiger partial charge in [-0.1, -0.05) is 12.1 Å². The van der Waals surface area contributed by atoms with Gasteiger partial charge >= 0.3 is 0 Å². The average molecular weight is 499 g/mol. The van der Waals surface area contributed by atoms with Gasteiger partial charge in [0.25, 0.3) is 11.8 Å². The summed E-state index contributed by atoms with van der Waals surface area (Å²) in [5.41, 5.74) is 1.93. The molecule has 0 radical (unpaired) electrons. The van der Waals surface area contributed by atoms with Crippen LogP contribution in [0.25, 0.3) is 0 Å². The number of fused-ring (bicyclic) bond motifs is 1. The molecule has 0 fully saturated rings. The number of thiazole rings is 1. The van der Waals surface area contributed by atoms with Crippen LogP contribution in [0.2, 0.25) is 0 Å². The molecule has 4 amide bonds. The number of amides is 4. The van der Waals surface area contributed by atoms with E-state index in [4.69, 9.17) is 0 Å². The number of thioether (sulfide) groups is 1. The summed E-state index contributed by atoms with van der Waals surface area (Å²) in [5.74, 6) is -1.08. The summed E-state index contributed by atoms with van der Waals surface area (Å²) in [6.45, 7) is -0.0184. The monoisotopic (exact) mass is 498 g/mol. The van der Waals surface area contributed by atoms with Crippen molar-refractivity contribution in [2.24, 2.45) is 0 Å². The standard InChI is InChI=1S/C23H19FN4O4S2/c24-14-5-7-15(8-6-14)25-20(30)13-33-11-16-12-34-23(26-16)27-19(29)9-10-28-21(31)17-3-1-2-4-18(17)22(28)32/h1-8,12H,9-11,13H2,(H,25,30)(H,26,27,29). The van der Waals surface area contributed by atoms with Crippen molar-refractivity contribution in [2.45, 2.75) is 12.2 Å². The molecule has 2 N–H and O–H groups in total. The van der Waals surface area contributed by atoms with Gasteiger partial charge in [0.2, 0.25) is 11.8 Å². The summed E-state index contributed by atoms with van der Waals surface area (Å²) in [6, 6.07) is 12.1. The van der Waals surface area contributed by atoms with Crippen LogP contribution in [0.3, 0.4) is 0 Å². The highest BCUT2D eigenvalue weighted by Crippen LogP contribution is 2.23. The summed E-state index contributed by atoms with van der Waals surface area (Å²) in [4.78, 5) is 54.4. The van der Waals surface area contributed by atoms with Crippen LogP contribution in [0.15, 0.2) is 53.9 Å². The van der Waals surface area contributed by atoms with E-state index in [0.29, 0.717) is 33.4 Å². The second kappa shape index (κ2) is 10.6. The van der Waals surface area contributed by atoms with Crippen LogP contribution in [0.4, 0.5) is 15.2 Å². The number of carbonyl (C=O) groups excluding carboxylic acids is 4. The topological polar surface area (TPSA) is 108 Å². The molecular weight excluding hydrogens is 479 g/mol. The first kappa shape index (κ1) is 23.6. The smallest absolute Gasteiger partial charge is 0.261 e. The van der Waals surface area contributed by atoms with E-state index < -0.39 is 11.8 Å². The molecule has 34 heavy (non-hydrogen) atoms. The van der Waals surface area contributed by atoms with Gasteiger partial charge in [-0.2, -0.15) is 0 Å². The maximum atomic E-state index is 12.9. The Morgan fingerprint density at radius 2 is 1.65 bits per heavy atom. The van der Waals surface area contributed by atoms with E-state index in [9.17, 15) is 23.6 Å². The summed E-state index contributed by atoms with van der Waals surface area (Å²) in [5, 5.41) is 7.54. The van der Waals surface area contributed by atoms with E-state index in [1.807, 2.05) is 0 Å². The van der Waals surface area contributed by atoms with E-state index >= 15 is 0 Å². The maximum Gasteiger partial charge on any atom is 0.261 e. The third kappa shape index (κ3) is 5.67. The van der Waals surface area contributed by atoms with Crippen molar-refractivity contribution in [3.05, 3.63) is 76.5 Å². The van der Waals surface area contributed by atoms with Crippen LogP contribution >= 0.6 is 23.1 Å². The van der Waals surface area contributed by atoms with Crippen molar-refractivity contribution in [1.29, 1.82) is 0 Å². The van der Waals surface area contributed by atoms with Gasteiger partial charge in [-0.15, -0.1) is 23.1 Å². The Bertz CT molecular complexity index is 1210. The molecule has 0 aliphatic carbocycles. The highest BCUT2D eigenvalue weighted by Gasteiger charge is 2.34. The van der Waals surface area contributed by atoms with Gasteiger partial charge < -0.3 is 10.6 Å². The van der Waals surface area contributed by atoms with E-state index in [1.165, 1.54) is 47.4 Å². The summed E-state index contributed by atoms with van der Waals surface area (Å²) in [7, 11) is 0. The molecule has 0 saturated carbocycles. The fraction of sp³-hybridized carbons (Fsp3) is 0.174. The number of carbonyl (C=O) groups is 4. The van der Waals surface area contributed by atoms with Gasteiger partial charge in [0.15, 0.2) is 5.13 Å². The Morgan fingerprint density at radius 3 is 2.32 bits per heavy atom. The molecular formula is C23H19FN4O4S2. The molecule has 8 nitrogen and oxygen atoms in total. The number of halogens is 1. The zero-order chi connectivity index (χ0) is 24.1. The Kier molecular flexibility index (Phi) is 7.33. The number of nitrogens with one attached hydrogen (secondary N) is 2. The molecule has 0 spiro atoms. The van der Waals surface area contributed by atoms with Crippen LogP contribution in [0.1, 0.15) is 32.8 Å².